The van der Waals surface area contributed by atoms with Gasteiger partial charge in [-0.15, -0.1) is 5.92 Å². The highest BCUT2D eigenvalue weighted by Crippen LogP contribution is 2.32. The van der Waals surface area contributed by atoms with E-state index in [-0.39, 0.29) is 6.04 Å². The number of nitrogens with one attached hydrogen (secondary N) is 1. The van der Waals surface area contributed by atoms with E-state index in [9.17, 15) is 0 Å². The third-order valence-corrected chi connectivity index (χ3v) is 2.74. The Balaban J connectivity index is 2.07. The van der Waals surface area contributed by atoms with Gasteiger partial charge >= 0.3 is 0 Å². The minimum absolute atomic E-state index is 0.256. The summed E-state index contributed by atoms with van der Waals surface area (Å²) in [5.41, 5.74) is 1.19. The van der Waals surface area contributed by atoms with E-state index in [1.165, 1.54) is 5.56 Å². The second-order valence-corrected chi connectivity index (χ2v) is 3.93. The van der Waals surface area contributed by atoms with Gasteiger partial charge in [-0.25, -0.2) is 0 Å². The van der Waals surface area contributed by atoms with Gasteiger partial charge in [0.15, 0.2) is 11.5 Å². The van der Waals surface area contributed by atoms with Crippen LogP contribution in [-0.2, 0) is 0 Å². The van der Waals surface area contributed by atoms with E-state index in [2.05, 4.69) is 30.1 Å². The quantitative estimate of drug-likeness (QED) is 0.808. The van der Waals surface area contributed by atoms with Gasteiger partial charge in [0.1, 0.15) is 13.2 Å². The fourth-order valence-electron chi connectivity index (χ4n) is 1.74. The molecule has 3 heteroatoms. The molecule has 90 valence electrons. The lowest BCUT2D eigenvalue weighted by molar-refractivity contribution is 0.171. The molecule has 0 amide bonds. The van der Waals surface area contributed by atoms with Crippen molar-refractivity contribution in [3.05, 3.63) is 23.8 Å². The molecule has 0 saturated heterocycles. The molecule has 17 heavy (non-hydrogen) atoms. The van der Waals surface area contributed by atoms with E-state index in [0.717, 1.165) is 11.5 Å². The Morgan fingerprint density at radius 1 is 1.29 bits per heavy atom. The van der Waals surface area contributed by atoms with Crippen molar-refractivity contribution in [2.45, 2.75) is 19.9 Å². The Hall–Kier alpha value is -1.66. The van der Waals surface area contributed by atoms with E-state index >= 15 is 0 Å². The zero-order chi connectivity index (χ0) is 12.1. The van der Waals surface area contributed by atoms with E-state index in [1.807, 2.05) is 19.1 Å². The summed E-state index contributed by atoms with van der Waals surface area (Å²) in [5, 5.41) is 3.34. The lowest BCUT2D eigenvalue weighted by atomic mass is 10.1. The maximum Gasteiger partial charge on any atom is 0.161 e. The predicted octanol–water partition coefficient (Wildman–Crippen LogP) is 2.13. The summed E-state index contributed by atoms with van der Waals surface area (Å²) < 4.78 is 11.0. The van der Waals surface area contributed by atoms with Gasteiger partial charge in [0, 0.05) is 6.04 Å². The minimum atomic E-state index is 0.256. The highest BCUT2D eigenvalue weighted by atomic mass is 16.6. The molecule has 0 fully saturated rings. The first kappa shape index (κ1) is 11.8. The van der Waals surface area contributed by atoms with E-state index < -0.39 is 0 Å². The van der Waals surface area contributed by atoms with Crippen LogP contribution in [0.2, 0.25) is 0 Å². The maximum absolute atomic E-state index is 5.56. The molecule has 1 aromatic carbocycles. The van der Waals surface area contributed by atoms with E-state index in [0.29, 0.717) is 19.8 Å². The summed E-state index contributed by atoms with van der Waals surface area (Å²) >= 11 is 0. The molecule has 1 aliphatic heterocycles. The lowest BCUT2D eigenvalue weighted by Crippen LogP contribution is -2.20. The second kappa shape index (κ2) is 5.60. The summed E-state index contributed by atoms with van der Waals surface area (Å²) in [4.78, 5) is 0. The monoisotopic (exact) mass is 231 g/mol. The van der Waals surface area contributed by atoms with Crippen LogP contribution in [0.3, 0.4) is 0 Å². The van der Waals surface area contributed by atoms with Crippen molar-refractivity contribution in [3.8, 4) is 23.3 Å². The van der Waals surface area contributed by atoms with E-state index in [4.69, 9.17) is 9.47 Å². The molecule has 1 aromatic rings. The van der Waals surface area contributed by atoms with Crippen LogP contribution in [0.5, 0.6) is 11.5 Å². The molecule has 0 radical (unpaired) electrons. The van der Waals surface area contributed by atoms with Gasteiger partial charge in [-0.3, -0.25) is 5.32 Å². The highest BCUT2D eigenvalue weighted by Gasteiger charge is 2.13. The molecular weight excluding hydrogens is 214 g/mol. The number of hydrogen-bond acceptors (Lipinski definition) is 3. The van der Waals surface area contributed by atoms with Gasteiger partial charge in [-0.1, -0.05) is 12.0 Å². The SMILES string of the molecule is CC#CCNC(C)c1ccc2c(c1)OCCO2. The normalized spacial score (nSPS) is 14.7. The molecule has 1 N–H and O–H groups in total. The Bertz CT molecular complexity index is 445. The van der Waals surface area contributed by atoms with Crippen LogP contribution < -0.4 is 14.8 Å². The zero-order valence-corrected chi connectivity index (χ0v) is 10.2. The molecular formula is C14H17NO2. The van der Waals surface area contributed by atoms with Gasteiger partial charge < -0.3 is 9.47 Å². The smallest absolute Gasteiger partial charge is 0.161 e. The highest BCUT2D eigenvalue weighted by molar-refractivity contribution is 5.44. The molecule has 0 saturated carbocycles. The van der Waals surface area contributed by atoms with Crippen LogP contribution >= 0.6 is 0 Å². The Kier molecular flexibility index (Phi) is 3.89. The van der Waals surface area contributed by atoms with Crippen molar-refractivity contribution in [2.24, 2.45) is 0 Å². The average Bonchev–Trinajstić information content (AvgIpc) is 2.38. The largest absolute Gasteiger partial charge is 0.486 e. The molecule has 1 unspecified atom stereocenters. The number of rotatable bonds is 3. The summed E-state index contributed by atoms with van der Waals surface area (Å²) in [6.07, 6.45) is 0. The first-order chi connectivity index (χ1) is 8.31. The van der Waals surface area contributed by atoms with Crippen molar-refractivity contribution >= 4 is 0 Å². The zero-order valence-electron chi connectivity index (χ0n) is 10.2. The van der Waals surface area contributed by atoms with Crippen molar-refractivity contribution in [1.82, 2.24) is 5.32 Å². The third kappa shape index (κ3) is 2.92. The van der Waals surface area contributed by atoms with Gasteiger partial charge in [-0.05, 0) is 31.5 Å². The Labute approximate surface area is 102 Å². The molecule has 0 aliphatic carbocycles. The van der Waals surface area contributed by atoms with Crippen molar-refractivity contribution in [1.29, 1.82) is 0 Å². The third-order valence-electron chi connectivity index (χ3n) is 2.74. The van der Waals surface area contributed by atoms with Crippen LogP contribution in [0, 0.1) is 11.8 Å². The standard InChI is InChI=1S/C14H17NO2/c1-3-4-7-15-11(2)12-5-6-13-14(10-12)17-9-8-16-13/h5-6,10-11,15H,7-9H2,1-2H3. The molecule has 1 atom stereocenters. The minimum Gasteiger partial charge on any atom is -0.486 e. The second-order valence-electron chi connectivity index (χ2n) is 3.93. The topological polar surface area (TPSA) is 30.5 Å². The maximum atomic E-state index is 5.56. The predicted molar refractivity (Wildman–Crippen MR) is 67.3 cm³/mol. The fraction of sp³-hybridized carbons (Fsp3) is 0.429. The molecule has 2 rings (SSSR count). The van der Waals surface area contributed by atoms with Crippen molar-refractivity contribution in [3.63, 3.8) is 0 Å². The molecule has 1 aliphatic rings. The number of benzene rings is 1. The van der Waals surface area contributed by atoms with Gasteiger partial charge in [0.25, 0.3) is 0 Å². The van der Waals surface area contributed by atoms with Gasteiger partial charge in [0.2, 0.25) is 0 Å². The Morgan fingerprint density at radius 3 is 2.82 bits per heavy atom. The lowest BCUT2D eigenvalue weighted by Gasteiger charge is -2.20. The molecule has 0 bridgehead atoms. The first-order valence-corrected chi connectivity index (χ1v) is 5.84. The van der Waals surface area contributed by atoms with Gasteiger partial charge in [0.05, 0.1) is 6.54 Å². The van der Waals surface area contributed by atoms with Crippen LogP contribution in [0.15, 0.2) is 18.2 Å². The molecule has 0 spiro atoms. The van der Waals surface area contributed by atoms with Crippen molar-refractivity contribution < 1.29 is 9.47 Å². The number of fused-ring (bicyclic) bond motifs is 1. The molecule has 0 aromatic heterocycles. The van der Waals surface area contributed by atoms with Gasteiger partial charge in [-0.2, -0.15) is 0 Å². The first-order valence-electron chi connectivity index (χ1n) is 5.84. The summed E-state index contributed by atoms with van der Waals surface area (Å²) in [6, 6.07) is 6.32. The summed E-state index contributed by atoms with van der Waals surface area (Å²) in [6.45, 7) is 5.91. The van der Waals surface area contributed by atoms with Crippen molar-refractivity contribution in [2.75, 3.05) is 19.8 Å². The Morgan fingerprint density at radius 2 is 2.06 bits per heavy atom. The molecule has 3 nitrogen and oxygen atoms in total. The average molecular weight is 231 g/mol. The summed E-state index contributed by atoms with van der Waals surface area (Å²) in [5.74, 6) is 7.53. The van der Waals surface area contributed by atoms with Crippen LogP contribution in [0.1, 0.15) is 25.5 Å². The van der Waals surface area contributed by atoms with Crippen LogP contribution in [0.4, 0.5) is 0 Å². The molecule has 1 heterocycles. The van der Waals surface area contributed by atoms with Crippen LogP contribution in [0.25, 0.3) is 0 Å². The fourth-order valence-corrected chi connectivity index (χ4v) is 1.74. The van der Waals surface area contributed by atoms with Crippen LogP contribution in [-0.4, -0.2) is 19.8 Å². The number of hydrogen-bond donors (Lipinski definition) is 1. The number of ether oxygens (including phenoxy) is 2. The summed E-state index contributed by atoms with van der Waals surface area (Å²) in [7, 11) is 0. The van der Waals surface area contributed by atoms with E-state index in [1.54, 1.807) is 0 Å².